The van der Waals surface area contributed by atoms with Crippen LogP contribution in [0.4, 0.5) is 0 Å². The van der Waals surface area contributed by atoms with E-state index >= 15 is 0 Å². The lowest BCUT2D eigenvalue weighted by Crippen LogP contribution is -2.22. The van der Waals surface area contributed by atoms with E-state index in [-0.39, 0.29) is 17.3 Å². The maximum atomic E-state index is 12.2. The number of likely N-dealkylation sites (N-methyl/N-ethyl adjacent to an activating group) is 1. The highest BCUT2D eigenvalue weighted by Gasteiger charge is 2.13. The second-order valence-electron chi connectivity index (χ2n) is 4.70. The van der Waals surface area contributed by atoms with Crippen molar-refractivity contribution in [3.8, 4) is 0 Å². The number of benzene rings is 1. The smallest absolute Gasteiger partial charge is 0.243 e. The molecule has 7 heteroatoms. The van der Waals surface area contributed by atoms with E-state index in [9.17, 15) is 13.2 Å². The first-order valence-electron chi connectivity index (χ1n) is 7.09. The predicted molar refractivity (Wildman–Crippen MR) is 86.9 cm³/mol. The van der Waals surface area contributed by atoms with E-state index in [1.807, 2.05) is 6.92 Å². The van der Waals surface area contributed by atoms with Gasteiger partial charge in [0.15, 0.2) is 0 Å². The molecule has 1 amide bonds. The molecular formula is C16H18N2O4S. The van der Waals surface area contributed by atoms with Crippen LogP contribution in [0.3, 0.4) is 0 Å². The summed E-state index contributed by atoms with van der Waals surface area (Å²) in [4.78, 5) is 11.5. The number of carbonyl (C=O) groups excluding carboxylic acids is 1. The largest absolute Gasteiger partial charge is 0.468 e. The Morgan fingerprint density at radius 2 is 1.96 bits per heavy atom. The van der Waals surface area contributed by atoms with E-state index in [1.54, 1.807) is 30.3 Å². The molecule has 0 saturated carbocycles. The van der Waals surface area contributed by atoms with Gasteiger partial charge in [0.25, 0.3) is 0 Å². The number of nitrogens with one attached hydrogen (secondary N) is 2. The Morgan fingerprint density at radius 1 is 1.22 bits per heavy atom. The summed E-state index contributed by atoms with van der Waals surface area (Å²) < 4.78 is 31.9. The van der Waals surface area contributed by atoms with Crippen molar-refractivity contribution in [1.29, 1.82) is 0 Å². The van der Waals surface area contributed by atoms with Gasteiger partial charge in [-0.1, -0.05) is 12.1 Å². The molecule has 2 N–H and O–H groups in total. The number of sulfonamides is 1. The van der Waals surface area contributed by atoms with Gasteiger partial charge in [-0.3, -0.25) is 4.79 Å². The maximum Gasteiger partial charge on any atom is 0.243 e. The molecule has 0 atom stereocenters. The highest BCUT2D eigenvalue weighted by Crippen LogP contribution is 2.12. The van der Waals surface area contributed by atoms with Gasteiger partial charge in [0.1, 0.15) is 5.76 Å². The molecule has 1 aromatic carbocycles. The Labute approximate surface area is 135 Å². The maximum absolute atomic E-state index is 12.2. The van der Waals surface area contributed by atoms with Crippen LogP contribution in [0.1, 0.15) is 18.2 Å². The van der Waals surface area contributed by atoms with Crippen molar-refractivity contribution >= 4 is 22.0 Å². The van der Waals surface area contributed by atoms with E-state index in [1.165, 1.54) is 24.5 Å². The number of rotatable bonds is 7. The van der Waals surface area contributed by atoms with E-state index in [0.29, 0.717) is 12.3 Å². The van der Waals surface area contributed by atoms with E-state index in [0.717, 1.165) is 5.56 Å². The lowest BCUT2D eigenvalue weighted by atomic mass is 10.2. The van der Waals surface area contributed by atoms with Gasteiger partial charge in [-0.25, -0.2) is 13.1 Å². The number of hydrogen-bond donors (Lipinski definition) is 2. The standard InChI is InChI=1S/C16H18N2O4S/c1-2-17-16(19)10-7-13-5-8-15(9-6-13)23(20,21)18-12-14-4-3-11-22-14/h3-11,18H,2,12H2,1H3,(H,17,19)/b10-7+. The lowest BCUT2D eigenvalue weighted by Gasteiger charge is -2.05. The third kappa shape index (κ3) is 5.08. The fourth-order valence-electron chi connectivity index (χ4n) is 1.83. The van der Waals surface area contributed by atoms with Gasteiger partial charge in [-0.15, -0.1) is 0 Å². The Bertz CT molecular complexity index is 763. The normalized spacial score (nSPS) is 11.7. The predicted octanol–water partition coefficient (Wildman–Crippen LogP) is 1.91. The first-order valence-corrected chi connectivity index (χ1v) is 8.57. The molecule has 2 rings (SSSR count). The van der Waals surface area contributed by atoms with Crippen LogP contribution < -0.4 is 10.0 Å². The molecule has 6 nitrogen and oxygen atoms in total. The van der Waals surface area contributed by atoms with Gasteiger partial charge < -0.3 is 9.73 Å². The van der Waals surface area contributed by atoms with Gasteiger partial charge in [0.2, 0.25) is 15.9 Å². The molecule has 0 aliphatic heterocycles. The van der Waals surface area contributed by atoms with Crippen LogP contribution in [0.5, 0.6) is 0 Å². The molecule has 0 unspecified atom stereocenters. The molecule has 0 radical (unpaired) electrons. The molecule has 2 aromatic rings. The molecule has 1 aromatic heterocycles. The second kappa shape index (κ2) is 7.75. The van der Waals surface area contributed by atoms with Crippen LogP contribution in [0.15, 0.2) is 58.1 Å². The number of hydrogen-bond acceptors (Lipinski definition) is 4. The minimum atomic E-state index is -3.61. The third-order valence-corrected chi connectivity index (χ3v) is 4.40. The highest BCUT2D eigenvalue weighted by molar-refractivity contribution is 7.89. The van der Waals surface area contributed by atoms with Gasteiger partial charge in [0.05, 0.1) is 17.7 Å². The summed E-state index contributed by atoms with van der Waals surface area (Å²) in [5, 5.41) is 2.64. The fourth-order valence-corrected chi connectivity index (χ4v) is 2.82. The summed E-state index contributed by atoms with van der Waals surface area (Å²) in [6.07, 6.45) is 4.51. The Hall–Kier alpha value is -2.38. The van der Waals surface area contributed by atoms with Gasteiger partial charge in [-0.2, -0.15) is 0 Å². The Balaban J connectivity index is 2.01. The Morgan fingerprint density at radius 3 is 2.57 bits per heavy atom. The molecule has 0 bridgehead atoms. The van der Waals surface area contributed by atoms with Crippen molar-refractivity contribution in [2.45, 2.75) is 18.4 Å². The highest BCUT2D eigenvalue weighted by atomic mass is 32.2. The zero-order chi connectivity index (χ0) is 16.7. The Kier molecular flexibility index (Phi) is 5.72. The molecule has 1 heterocycles. The fraction of sp³-hybridized carbons (Fsp3) is 0.188. The van der Waals surface area contributed by atoms with Crippen molar-refractivity contribution in [2.75, 3.05) is 6.54 Å². The van der Waals surface area contributed by atoms with Crippen LogP contribution in [-0.4, -0.2) is 20.9 Å². The molecule has 0 fully saturated rings. The van der Waals surface area contributed by atoms with Crippen molar-refractivity contribution in [1.82, 2.24) is 10.0 Å². The molecular weight excluding hydrogens is 316 g/mol. The van der Waals surface area contributed by atoms with Gasteiger partial charge in [0, 0.05) is 12.6 Å². The minimum Gasteiger partial charge on any atom is -0.468 e. The first kappa shape index (κ1) is 17.0. The number of amides is 1. The van der Waals surface area contributed by atoms with Crippen LogP contribution >= 0.6 is 0 Å². The summed E-state index contributed by atoms with van der Waals surface area (Å²) in [5.41, 5.74) is 0.737. The zero-order valence-corrected chi connectivity index (χ0v) is 13.5. The molecule has 0 aliphatic rings. The van der Waals surface area contributed by atoms with Crippen molar-refractivity contribution in [3.05, 3.63) is 60.1 Å². The zero-order valence-electron chi connectivity index (χ0n) is 12.7. The summed E-state index contributed by atoms with van der Waals surface area (Å²) in [5.74, 6) is 0.347. The van der Waals surface area contributed by atoms with Crippen molar-refractivity contribution in [3.63, 3.8) is 0 Å². The second-order valence-corrected chi connectivity index (χ2v) is 6.47. The number of furan rings is 1. The SMILES string of the molecule is CCNC(=O)/C=C/c1ccc(S(=O)(=O)NCc2ccco2)cc1. The summed E-state index contributed by atoms with van der Waals surface area (Å²) >= 11 is 0. The first-order chi connectivity index (χ1) is 11.0. The molecule has 23 heavy (non-hydrogen) atoms. The van der Waals surface area contributed by atoms with Gasteiger partial charge in [-0.05, 0) is 42.8 Å². The summed E-state index contributed by atoms with van der Waals surface area (Å²) in [7, 11) is -3.61. The van der Waals surface area contributed by atoms with Crippen LogP contribution in [0.2, 0.25) is 0 Å². The van der Waals surface area contributed by atoms with Crippen molar-refractivity contribution in [2.24, 2.45) is 0 Å². The van der Waals surface area contributed by atoms with E-state index < -0.39 is 10.0 Å². The molecule has 122 valence electrons. The lowest BCUT2D eigenvalue weighted by molar-refractivity contribution is -0.116. The molecule has 0 aliphatic carbocycles. The number of carbonyl (C=O) groups is 1. The van der Waals surface area contributed by atoms with Crippen LogP contribution in [0, 0.1) is 0 Å². The quantitative estimate of drug-likeness (QED) is 0.757. The van der Waals surface area contributed by atoms with E-state index in [4.69, 9.17) is 4.42 Å². The molecule has 0 spiro atoms. The topological polar surface area (TPSA) is 88.4 Å². The monoisotopic (exact) mass is 334 g/mol. The third-order valence-electron chi connectivity index (χ3n) is 2.99. The van der Waals surface area contributed by atoms with Crippen LogP contribution in [-0.2, 0) is 21.4 Å². The van der Waals surface area contributed by atoms with Gasteiger partial charge >= 0.3 is 0 Å². The van der Waals surface area contributed by atoms with Crippen LogP contribution in [0.25, 0.3) is 6.08 Å². The average Bonchev–Trinajstić information content (AvgIpc) is 3.05. The van der Waals surface area contributed by atoms with Crippen molar-refractivity contribution < 1.29 is 17.6 Å². The summed E-state index contributed by atoms with van der Waals surface area (Å²) in [6.45, 7) is 2.48. The van der Waals surface area contributed by atoms with E-state index in [2.05, 4.69) is 10.0 Å². The average molecular weight is 334 g/mol. The minimum absolute atomic E-state index is 0.0914. The molecule has 0 saturated heterocycles. The summed E-state index contributed by atoms with van der Waals surface area (Å²) in [6, 6.07) is 9.63.